The molecule has 18 heavy (non-hydrogen) atoms. The van der Waals surface area contributed by atoms with E-state index in [4.69, 9.17) is 23.2 Å². The molecule has 1 aromatic heterocycles. The van der Waals surface area contributed by atoms with Gasteiger partial charge in [0.1, 0.15) is 0 Å². The van der Waals surface area contributed by atoms with Crippen molar-refractivity contribution in [1.29, 1.82) is 0 Å². The lowest BCUT2D eigenvalue weighted by Crippen LogP contribution is -2.00. The third-order valence-corrected chi connectivity index (χ3v) is 2.47. The van der Waals surface area contributed by atoms with Gasteiger partial charge in [0.2, 0.25) is 16.5 Å². The van der Waals surface area contributed by atoms with Crippen molar-refractivity contribution >= 4 is 40.9 Å². The smallest absolute Gasteiger partial charge is 0.232 e. The van der Waals surface area contributed by atoms with Crippen LogP contribution in [0, 0.1) is 0 Å². The summed E-state index contributed by atoms with van der Waals surface area (Å²) >= 11 is 11.4. The number of nitrogens with zero attached hydrogens (tertiary/aromatic N) is 3. The number of hydrogen-bond acceptors (Lipinski definition) is 4. The first kappa shape index (κ1) is 12.8. The summed E-state index contributed by atoms with van der Waals surface area (Å²) in [6.07, 6.45) is 3.93. The van der Waals surface area contributed by atoms with Crippen LogP contribution < -0.4 is 5.32 Å². The Balaban J connectivity index is 2.33. The predicted octanol–water partition coefficient (Wildman–Crippen LogP) is 3.96. The Hall–Kier alpha value is -1.65. The molecule has 0 radical (unpaired) electrons. The minimum Gasteiger partial charge on any atom is -0.323 e. The molecule has 1 N–H and O–H groups in total. The Labute approximate surface area is 115 Å². The summed E-state index contributed by atoms with van der Waals surface area (Å²) in [6.45, 7) is 1.95. The van der Waals surface area contributed by atoms with Gasteiger partial charge in [0.15, 0.2) is 0 Å². The molecular formula is C12H10Cl2N4. The van der Waals surface area contributed by atoms with Crippen LogP contribution in [0.15, 0.2) is 30.3 Å². The Morgan fingerprint density at radius 1 is 1.06 bits per heavy atom. The highest BCUT2D eigenvalue weighted by Crippen LogP contribution is 2.21. The molecule has 0 saturated carbocycles. The summed E-state index contributed by atoms with van der Waals surface area (Å²) in [4.78, 5) is 11.6. The summed E-state index contributed by atoms with van der Waals surface area (Å²) < 4.78 is 0. The third kappa shape index (κ3) is 3.18. The van der Waals surface area contributed by atoms with E-state index in [1.807, 2.05) is 43.3 Å². The van der Waals surface area contributed by atoms with E-state index in [0.717, 1.165) is 11.3 Å². The van der Waals surface area contributed by atoms with Gasteiger partial charge in [-0.05, 0) is 41.8 Å². The molecule has 2 rings (SSSR count). The van der Waals surface area contributed by atoms with Crippen LogP contribution >= 0.6 is 23.2 Å². The molecule has 4 nitrogen and oxygen atoms in total. The monoisotopic (exact) mass is 280 g/mol. The van der Waals surface area contributed by atoms with E-state index in [9.17, 15) is 0 Å². The topological polar surface area (TPSA) is 50.7 Å². The van der Waals surface area contributed by atoms with Crippen molar-refractivity contribution in [3.05, 3.63) is 46.5 Å². The van der Waals surface area contributed by atoms with Crippen LogP contribution in [0.4, 0.5) is 11.6 Å². The van der Waals surface area contributed by atoms with Crippen LogP contribution in [0.3, 0.4) is 0 Å². The molecule has 2 aromatic rings. The lowest BCUT2D eigenvalue weighted by atomic mass is 10.1. The fourth-order valence-corrected chi connectivity index (χ4v) is 1.80. The number of hydrogen-bond donors (Lipinski definition) is 1. The Morgan fingerprint density at radius 2 is 1.72 bits per heavy atom. The zero-order valence-corrected chi connectivity index (χ0v) is 11.1. The van der Waals surface area contributed by atoms with Crippen molar-refractivity contribution in [2.75, 3.05) is 5.32 Å². The van der Waals surface area contributed by atoms with Gasteiger partial charge >= 0.3 is 0 Å². The van der Waals surface area contributed by atoms with Crippen molar-refractivity contribution in [2.45, 2.75) is 6.92 Å². The molecule has 1 aromatic carbocycles. The number of aromatic nitrogens is 3. The van der Waals surface area contributed by atoms with Crippen molar-refractivity contribution in [3.8, 4) is 0 Å². The Morgan fingerprint density at radius 3 is 2.39 bits per heavy atom. The van der Waals surface area contributed by atoms with Crippen LogP contribution in [0.2, 0.25) is 10.6 Å². The molecule has 0 aliphatic heterocycles. The average molecular weight is 281 g/mol. The number of benzene rings is 1. The Kier molecular flexibility index (Phi) is 4.12. The molecule has 0 spiro atoms. The molecule has 1 heterocycles. The largest absolute Gasteiger partial charge is 0.323 e. The van der Waals surface area contributed by atoms with E-state index < -0.39 is 0 Å². The van der Waals surface area contributed by atoms with Gasteiger partial charge in [0.25, 0.3) is 0 Å². The first-order chi connectivity index (χ1) is 8.69. The summed E-state index contributed by atoms with van der Waals surface area (Å²) in [6, 6.07) is 7.77. The second-order valence-corrected chi connectivity index (χ2v) is 4.09. The highest BCUT2D eigenvalue weighted by atomic mass is 35.5. The van der Waals surface area contributed by atoms with Gasteiger partial charge in [-0.15, -0.1) is 0 Å². The van der Waals surface area contributed by atoms with E-state index in [-0.39, 0.29) is 10.6 Å². The minimum absolute atomic E-state index is 0.0565. The third-order valence-electron chi connectivity index (χ3n) is 2.13. The molecule has 0 amide bonds. The minimum atomic E-state index is 0.0565. The van der Waals surface area contributed by atoms with Gasteiger partial charge in [-0.1, -0.05) is 30.4 Å². The fraction of sp³-hybridized carbons (Fsp3) is 0.0833. The van der Waals surface area contributed by atoms with E-state index in [2.05, 4.69) is 20.3 Å². The molecule has 0 aliphatic rings. The average Bonchev–Trinajstić information content (AvgIpc) is 2.30. The maximum atomic E-state index is 5.72. The van der Waals surface area contributed by atoms with Crippen LogP contribution in [0.1, 0.15) is 12.5 Å². The zero-order valence-electron chi connectivity index (χ0n) is 9.56. The maximum absolute atomic E-state index is 5.72. The van der Waals surface area contributed by atoms with E-state index in [1.165, 1.54) is 0 Å². The molecule has 0 unspecified atom stereocenters. The number of allylic oxidation sites excluding steroid dienone is 1. The quantitative estimate of drug-likeness (QED) is 0.925. The molecule has 0 saturated heterocycles. The summed E-state index contributed by atoms with van der Waals surface area (Å²) in [5.41, 5.74) is 1.89. The van der Waals surface area contributed by atoms with Gasteiger partial charge in [0, 0.05) is 5.69 Å². The van der Waals surface area contributed by atoms with Crippen molar-refractivity contribution in [1.82, 2.24) is 15.0 Å². The second kappa shape index (κ2) is 5.80. The van der Waals surface area contributed by atoms with Crippen LogP contribution in [-0.4, -0.2) is 15.0 Å². The van der Waals surface area contributed by atoms with Gasteiger partial charge in [-0.2, -0.15) is 15.0 Å². The lowest BCUT2D eigenvalue weighted by Gasteiger charge is -2.08. The predicted molar refractivity (Wildman–Crippen MR) is 74.3 cm³/mol. The van der Waals surface area contributed by atoms with Gasteiger partial charge in [-0.3, -0.25) is 0 Å². The molecule has 0 aliphatic carbocycles. The van der Waals surface area contributed by atoms with Gasteiger partial charge < -0.3 is 5.32 Å². The molecule has 6 heteroatoms. The zero-order chi connectivity index (χ0) is 13.0. The summed E-state index contributed by atoms with van der Waals surface area (Å²) in [5, 5.41) is 3.17. The first-order valence-electron chi connectivity index (χ1n) is 5.25. The Bertz CT molecular complexity index is 564. The first-order valence-corrected chi connectivity index (χ1v) is 6.00. The highest BCUT2D eigenvalue weighted by molar-refractivity contribution is 6.31. The van der Waals surface area contributed by atoms with Crippen LogP contribution in [0.5, 0.6) is 0 Å². The van der Waals surface area contributed by atoms with Crippen LogP contribution in [0.25, 0.3) is 6.08 Å². The van der Waals surface area contributed by atoms with Gasteiger partial charge in [-0.25, -0.2) is 0 Å². The molecule has 0 atom stereocenters. The number of anilines is 2. The number of nitrogens with one attached hydrogen (secondary N) is 1. The number of para-hydroxylation sites is 1. The standard InChI is InChI=1S/C12H10Cl2N4/c1-2-5-8-6-3-4-7-9(8)15-12-17-10(13)16-11(14)18-12/h2-7H,1H3,(H,15,16,17,18). The summed E-state index contributed by atoms with van der Waals surface area (Å²) in [7, 11) is 0. The van der Waals surface area contributed by atoms with Crippen molar-refractivity contribution in [2.24, 2.45) is 0 Å². The van der Waals surface area contributed by atoms with Crippen LogP contribution in [-0.2, 0) is 0 Å². The fourth-order valence-electron chi connectivity index (χ4n) is 1.44. The normalized spacial score (nSPS) is 10.8. The van der Waals surface area contributed by atoms with Crippen molar-refractivity contribution < 1.29 is 0 Å². The maximum Gasteiger partial charge on any atom is 0.232 e. The molecule has 0 bridgehead atoms. The van der Waals surface area contributed by atoms with Gasteiger partial charge in [0.05, 0.1) is 0 Å². The number of halogens is 2. The van der Waals surface area contributed by atoms with E-state index in [0.29, 0.717) is 5.95 Å². The number of rotatable bonds is 3. The second-order valence-electron chi connectivity index (χ2n) is 3.41. The molecule has 92 valence electrons. The molecule has 0 fully saturated rings. The SMILES string of the molecule is CC=Cc1ccccc1Nc1nc(Cl)nc(Cl)n1. The van der Waals surface area contributed by atoms with E-state index in [1.54, 1.807) is 0 Å². The summed E-state index contributed by atoms with van der Waals surface area (Å²) in [5.74, 6) is 0.317. The lowest BCUT2D eigenvalue weighted by molar-refractivity contribution is 1.05. The van der Waals surface area contributed by atoms with Crippen molar-refractivity contribution in [3.63, 3.8) is 0 Å². The highest BCUT2D eigenvalue weighted by Gasteiger charge is 2.05. The van der Waals surface area contributed by atoms with E-state index >= 15 is 0 Å². The molecular weight excluding hydrogens is 271 g/mol.